The summed E-state index contributed by atoms with van der Waals surface area (Å²) in [4.78, 5) is 43.4. The lowest BCUT2D eigenvalue weighted by molar-refractivity contribution is -0.126. The first-order chi connectivity index (χ1) is 15.9. The molecule has 0 aliphatic carbocycles. The van der Waals surface area contributed by atoms with Crippen LogP contribution in [-0.4, -0.2) is 41.6 Å². The lowest BCUT2D eigenvalue weighted by atomic mass is 10.1. The van der Waals surface area contributed by atoms with Crippen molar-refractivity contribution in [1.29, 1.82) is 0 Å². The van der Waals surface area contributed by atoms with E-state index < -0.39 is 5.92 Å². The molecule has 4 rings (SSSR count). The Bertz CT molecular complexity index is 1230. The van der Waals surface area contributed by atoms with Crippen molar-refractivity contribution >= 4 is 33.4 Å². The summed E-state index contributed by atoms with van der Waals surface area (Å²) in [7, 11) is 1.59. The highest BCUT2D eigenvalue weighted by atomic mass is 79.9. The summed E-state index contributed by atoms with van der Waals surface area (Å²) in [6.07, 6.45) is 1.64. The third kappa shape index (κ3) is 5.31. The molecule has 0 radical (unpaired) electrons. The number of carbonyl (C=O) groups is 2. The van der Waals surface area contributed by atoms with Crippen LogP contribution < -0.4 is 20.5 Å². The second kappa shape index (κ2) is 9.99. The number of hydrogen-bond donors (Lipinski definition) is 1. The normalized spacial score (nSPS) is 15.5. The second-order valence-corrected chi connectivity index (χ2v) is 8.63. The molecule has 1 atom stereocenters. The van der Waals surface area contributed by atoms with Crippen molar-refractivity contribution in [2.45, 2.75) is 13.0 Å². The quantitative estimate of drug-likeness (QED) is 0.527. The number of methoxy groups -OCH3 is 1. The number of nitrogens with zero attached hydrogens (tertiary/aromatic N) is 3. The minimum atomic E-state index is -0.427. The van der Waals surface area contributed by atoms with E-state index in [0.29, 0.717) is 12.2 Å². The van der Waals surface area contributed by atoms with E-state index in [4.69, 9.17) is 4.74 Å². The number of halogens is 1. The lowest BCUT2D eigenvalue weighted by Crippen LogP contribution is -2.36. The number of anilines is 1. The van der Waals surface area contributed by atoms with Crippen LogP contribution in [0.1, 0.15) is 6.42 Å². The van der Waals surface area contributed by atoms with E-state index in [1.165, 1.54) is 17.0 Å². The van der Waals surface area contributed by atoms with E-state index in [9.17, 15) is 14.4 Å². The number of carbonyl (C=O) groups excluding carboxylic acids is 2. The molecule has 1 aliphatic heterocycles. The predicted octanol–water partition coefficient (Wildman–Crippen LogP) is 2.85. The van der Waals surface area contributed by atoms with Gasteiger partial charge in [0.25, 0.3) is 5.56 Å². The summed E-state index contributed by atoms with van der Waals surface area (Å²) in [6.45, 7) is 0.888. The van der Waals surface area contributed by atoms with Gasteiger partial charge in [0.05, 0.1) is 25.0 Å². The molecular formula is C24H23BrN4O4. The van der Waals surface area contributed by atoms with Gasteiger partial charge >= 0.3 is 0 Å². The van der Waals surface area contributed by atoms with E-state index in [1.54, 1.807) is 12.0 Å². The van der Waals surface area contributed by atoms with Crippen LogP contribution in [0.25, 0.3) is 11.3 Å². The maximum atomic E-state index is 12.6. The van der Waals surface area contributed by atoms with E-state index in [2.05, 4.69) is 26.2 Å². The molecule has 33 heavy (non-hydrogen) atoms. The predicted molar refractivity (Wildman–Crippen MR) is 128 cm³/mol. The maximum absolute atomic E-state index is 12.6. The Morgan fingerprint density at radius 1 is 1.18 bits per heavy atom. The number of benzene rings is 2. The third-order valence-electron chi connectivity index (χ3n) is 5.53. The monoisotopic (exact) mass is 510 g/mol. The first-order valence-electron chi connectivity index (χ1n) is 10.5. The molecule has 2 heterocycles. The van der Waals surface area contributed by atoms with Gasteiger partial charge < -0.3 is 15.0 Å². The molecule has 1 N–H and O–H groups in total. The van der Waals surface area contributed by atoms with Crippen molar-refractivity contribution < 1.29 is 14.3 Å². The molecule has 2 amide bonds. The number of aromatic nitrogens is 2. The molecule has 3 aromatic rings. The highest BCUT2D eigenvalue weighted by Gasteiger charge is 2.35. The highest BCUT2D eigenvalue weighted by molar-refractivity contribution is 9.10. The minimum absolute atomic E-state index is 0.0807. The van der Waals surface area contributed by atoms with Crippen molar-refractivity contribution in [2.24, 2.45) is 5.92 Å². The van der Waals surface area contributed by atoms with Gasteiger partial charge in [-0.3, -0.25) is 19.0 Å². The Balaban J connectivity index is 1.32. The van der Waals surface area contributed by atoms with Gasteiger partial charge in [0.2, 0.25) is 11.8 Å². The Morgan fingerprint density at radius 2 is 1.97 bits per heavy atom. The third-order valence-corrected chi connectivity index (χ3v) is 6.03. The largest absolute Gasteiger partial charge is 0.497 e. The van der Waals surface area contributed by atoms with Gasteiger partial charge in [0.15, 0.2) is 0 Å². The van der Waals surface area contributed by atoms with E-state index in [-0.39, 0.29) is 36.9 Å². The van der Waals surface area contributed by atoms with Crippen LogP contribution in [0, 0.1) is 5.92 Å². The van der Waals surface area contributed by atoms with Gasteiger partial charge in [-0.1, -0.05) is 22.0 Å². The standard InChI is InChI=1S/C24H23BrN4O4/c1-33-20-7-5-16(6-8-20)21-13-22(30)28(15-27-21)10-9-26-24(32)17-11-23(31)29(14-17)19-4-2-3-18(25)12-19/h2-8,12-13,15,17H,9-11,14H2,1H3,(H,26,32). The smallest absolute Gasteiger partial charge is 0.253 e. The Kier molecular flexibility index (Phi) is 6.88. The van der Waals surface area contributed by atoms with Crippen LogP contribution >= 0.6 is 15.9 Å². The van der Waals surface area contributed by atoms with Gasteiger partial charge in [-0.2, -0.15) is 0 Å². The Hall–Kier alpha value is -3.46. The molecule has 0 saturated carbocycles. The van der Waals surface area contributed by atoms with Crippen LogP contribution in [0.15, 0.2) is 70.2 Å². The molecule has 0 spiro atoms. The molecule has 8 nitrogen and oxygen atoms in total. The molecule has 2 aromatic carbocycles. The first kappa shape index (κ1) is 22.7. The van der Waals surface area contributed by atoms with Crippen molar-refractivity contribution in [2.75, 3.05) is 25.1 Å². The first-order valence-corrected chi connectivity index (χ1v) is 11.3. The van der Waals surface area contributed by atoms with Gasteiger partial charge in [0.1, 0.15) is 5.75 Å². The highest BCUT2D eigenvalue weighted by Crippen LogP contribution is 2.27. The summed E-state index contributed by atoms with van der Waals surface area (Å²) in [5.41, 5.74) is 1.94. The summed E-state index contributed by atoms with van der Waals surface area (Å²) >= 11 is 3.40. The fourth-order valence-electron chi connectivity index (χ4n) is 3.73. The Morgan fingerprint density at radius 3 is 2.67 bits per heavy atom. The zero-order valence-corrected chi connectivity index (χ0v) is 19.6. The molecule has 1 fully saturated rings. The maximum Gasteiger partial charge on any atom is 0.253 e. The lowest BCUT2D eigenvalue weighted by Gasteiger charge is -2.17. The number of nitrogens with one attached hydrogen (secondary N) is 1. The van der Waals surface area contributed by atoms with Crippen LogP contribution in [0.4, 0.5) is 5.69 Å². The molecule has 1 aromatic heterocycles. The number of ether oxygens (including phenoxy) is 1. The number of hydrogen-bond acceptors (Lipinski definition) is 5. The van der Waals surface area contributed by atoms with E-state index >= 15 is 0 Å². The number of amides is 2. The Labute approximate surface area is 199 Å². The molecule has 1 aliphatic rings. The van der Waals surface area contributed by atoms with Crippen LogP contribution in [0.2, 0.25) is 0 Å². The SMILES string of the molecule is COc1ccc(-c2cc(=O)n(CCNC(=O)C3CC(=O)N(c4cccc(Br)c4)C3)cn2)cc1. The zero-order valence-electron chi connectivity index (χ0n) is 18.0. The van der Waals surface area contributed by atoms with Crippen molar-refractivity contribution in [1.82, 2.24) is 14.9 Å². The van der Waals surface area contributed by atoms with E-state index in [0.717, 1.165) is 21.5 Å². The molecular weight excluding hydrogens is 488 g/mol. The van der Waals surface area contributed by atoms with Gasteiger partial charge in [0, 0.05) is 47.8 Å². The van der Waals surface area contributed by atoms with Gasteiger partial charge in [-0.25, -0.2) is 4.98 Å². The molecule has 170 valence electrons. The summed E-state index contributed by atoms with van der Waals surface area (Å²) in [5.74, 6) is 0.0230. The molecule has 0 bridgehead atoms. The average molecular weight is 511 g/mol. The molecule has 1 unspecified atom stereocenters. The zero-order chi connectivity index (χ0) is 23.4. The molecule has 1 saturated heterocycles. The van der Waals surface area contributed by atoms with Gasteiger partial charge in [-0.05, 0) is 42.5 Å². The summed E-state index contributed by atoms with van der Waals surface area (Å²) in [6, 6.07) is 16.2. The van der Waals surface area contributed by atoms with Crippen LogP contribution in [0.3, 0.4) is 0 Å². The number of rotatable bonds is 7. The van der Waals surface area contributed by atoms with Crippen molar-refractivity contribution in [3.63, 3.8) is 0 Å². The average Bonchev–Trinajstić information content (AvgIpc) is 3.22. The summed E-state index contributed by atoms with van der Waals surface area (Å²) in [5, 5.41) is 2.83. The summed E-state index contributed by atoms with van der Waals surface area (Å²) < 4.78 is 7.46. The fraction of sp³-hybridized carbons (Fsp3) is 0.250. The topological polar surface area (TPSA) is 93.5 Å². The van der Waals surface area contributed by atoms with Crippen molar-refractivity contribution in [3.05, 3.63) is 75.8 Å². The second-order valence-electron chi connectivity index (χ2n) is 7.71. The van der Waals surface area contributed by atoms with Crippen molar-refractivity contribution in [3.8, 4) is 17.0 Å². The minimum Gasteiger partial charge on any atom is -0.497 e. The van der Waals surface area contributed by atoms with Gasteiger partial charge in [-0.15, -0.1) is 0 Å². The fourth-order valence-corrected chi connectivity index (χ4v) is 4.12. The molecule has 9 heteroatoms. The van der Waals surface area contributed by atoms with E-state index in [1.807, 2.05) is 48.5 Å². The van der Waals surface area contributed by atoms with Crippen LogP contribution in [-0.2, 0) is 16.1 Å². The van der Waals surface area contributed by atoms with Crippen LogP contribution in [0.5, 0.6) is 5.75 Å².